The van der Waals surface area contributed by atoms with E-state index in [1.54, 1.807) is 12.1 Å². The van der Waals surface area contributed by atoms with Gasteiger partial charge in [0.2, 0.25) is 10.0 Å². The van der Waals surface area contributed by atoms with Crippen molar-refractivity contribution in [2.24, 2.45) is 10.9 Å². The van der Waals surface area contributed by atoms with Crippen molar-refractivity contribution in [3.8, 4) is 17.4 Å². The highest BCUT2D eigenvalue weighted by Gasteiger charge is 2.26. The van der Waals surface area contributed by atoms with E-state index in [0.29, 0.717) is 46.1 Å². The number of amides is 1. The number of primary sulfonamides is 1. The topological polar surface area (TPSA) is 191 Å². The Kier molecular flexibility index (Phi) is 6.25. The van der Waals surface area contributed by atoms with Gasteiger partial charge in [0.15, 0.2) is 0 Å². The summed E-state index contributed by atoms with van der Waals surface area (Å²) in [6, 6.07) is 10.2. The zero-order chi connectivity index (χ0) is 25.5. The van der Waals surface area contributed by atoms with E-state index in [4.69, 9.17) is 21.0 Å². The second-order valence-electron chi connectivity index (χ2n) is 7.93. The number of anilines is 2. The number of fused-ring (bicyclic) bond motifs is 1. The molecule has 0 spiro atoms. The molecule has 1 amide bonds. The summed E-state index contributed by atoms with van der Waals surface area (Å²) >= 11 is 1.05. The maximum Gasteiger partial charge on any atom is 0.260 e. The number of furan rings is 1. The number of hydrogen-bond donors (Lipinski definition) is 4. The molecule has 12 heteroatoms. The predicted octanol–water partition coefficient (Wildman–Crippen LogP) is 3.03. The van der Waals surface area contributed by atoms with Crippen molar-refractivity contribution in [3.63, 3.8) is 0 Å². The first kappa shape index (κ1) is 24.2. The van der Waals surface area contributed by atoms with Gasteiger partial charge in [-0.05, 0) is 49.6 Å². The normalized spacial score (nSPS) is 11.5. The molecule has 0 atom stereocenters. The predicted molar refractivity (Wildman–Crippen MR) is 134 cm³/mol. The maximum absolute atomic E-state index is 11.9. The highest BCUT2D eigenvalue weighted by Crippen LogP contribution is 2.43. The second kappa shape index (κ2) is 9.03. The number of nitrogens with one attached hydrogen (secondary N) is 1. The van der Waals surface area contributed by atoms with Crippen LogP contribution in [0, 0.1) is 25.2 Å². The van der Waals surface area contributed by atoms with Crippen molar-refractivity contribution < 1.29 is 17.6 Å². The van der Waals surface area contributed by atoms with E-state index in [2.05, 4.69) is 16.4 Å². The zero-order valence-electron chi connectivity index (χ0n) is 18.9. The summed E-state index contributed by atoms with van der Waals surface area (Å²) in [5, 5.41) is 18.8. The van der Waals surface area contributed by atoms with Gasteiger partial charge in [-0.2, -0.15) is 5.26 Å². The summed E-state index contributed by atoms with van der Waals surface area (Å²) in [5.74, 6) is 0.751. The van der Waals surface area contributed by atoms with E-state index in [-0.39, 0.29) is 21.0 Å². The first-order valence-electron chi connectivity index (χ1n) is 10.4. The molecule has 0 aliphatic heterocycles. The van der Waals surface area contributed by atoms with E-state index in [1.807, 2.05) is 19.9 Å². The number of carbonyl (C=O) groups is 1. The first-order valence-corrected chi connectivity index (χ1v) is 12.8. The fourth-order valence-corrected chi connectivity index (χ4v) is 5.16. The summed E-state index contributed by atoms with van der Waals surface area (Å²) in [5.41, 5.74) is 14.3. The van der Waals surface area contributed by atoms with Crippen molar-refractivity contribution in [1.82, 2.24) is 4.98 Å². The van der Waals surface area contributed by atoms with Gasteiger partial charge in [0.1, 0.15) is 38.7 Å². The standard InChI is InChI=1S/C23H22N6O4S2/c1-11-9-16(33-12(11)2)17-15(10-24)22(29-23-18(17)19(25)20(34-23)21(26)30)28-8-7-13-3-5-14(6-4-13)35(27,31)32/h3-6,9H,7-8,25H2,1-2H3,(H2,26,30)(H,28,29)(H2,27,31,32). The van der Waals surface area contributed by atoms with Gasteiger partial charge in [0, 0.05) is 11.9 Å². The third-order valence-corrected chi connectivity index (χ3v) is 7.63. The molecule has 35 heavy (non-hydrogen) atoms. The molecule has 0 saturated heterocycles. The molecule has 0 aliphatic carbocycles. The lowest BCUT2D eigenvalue weighted by Crippen LogP contribution is -2.12. The van der Waals surface area contributed by atoms with Crippen molar-refractivity contribution in [1.29, 1.82) is 5.26 Å². The Morgan fingerprint density at radius 3 is 2.49 bits per heavy atom. The summed E-state index contributed by atoms with van der Waals surface area (Å²) in [6.07, 6.45) is 0.517. The van der Waals surface area contributed by atoms with Gasteiger partial charge in [0.05, 0.1) is 16.1 Å². The summed E-state index contributed by atoms with van der Waals surface area (Å²) < 4.78 is 28.8. The summed E-state index contributed by atoms with van der Waals surface area (Å²) in [4.78, 5) is 17.1. The average Bonchev–Trinajstić information content (AvgIpc) is 3.31. The molecule has 1 aromatic carbocycles. The number of pyridine rings is 1. The Morgan fingerprint density at radius 2 is 1.94 bits per heavy atom. The highest BCUT2D eigenvalue weighted by atomic mass is 32.2. The number of nitrogens with two attached hydrogens (primary N) is 3. The van der Waals surface area contributed by atoms with Crippen LogP contribution >= 0.6 is 11.3 Å². The third kappa shape index (κ3) is 4.57. The number of aromatic nitrogens is 1. The average molecular weight is 511 g/mol. The maximum atomic E-state index is 11.9. The minimum atomic E-state index is -3.77. The summed E-state index contributed by atoms with van der Waals surface area (Å²) in [6.45, 7) is 4.09. The number of rotatable bonds is 7. The third-order valence-electron chi connectivity index (χ3n) is 5.58. The van der Waals surface area contributed by atoms with E-state index < -0.39 is 15.9 Å². The molecule has 7 N–H and O–H groups in total. The highest BCUT2D eigenvalue weighted by molar-refractivity contribution is 7.89. The molecular weight excluding hydrogens is 488 g/mol. The number of nitrogen functional groups attached to an aromatic ring is 1. The van der Waals surface area contributed by atoms with Crippen LogP contribution in [0.2, 0.25) is 0 Å². The fraction of sp³-hybridized carbons (Fsp3) is 0.174. The van der Waals surface area contributed by atoms with Crippen LogP contribution in [-0.4, -0.2) is 25.9 Å². The lowest BCUT2D eigenvalue weighted by Gasteiger charge is -2.12. The molecule has 3 heterocycles. The smallest absolute Gasteiger partial charge is 0.260 e. The Bertz CT molecular complexity index is 1590. The molecule has 0 bridgehead atoms. The molecular formula is C23H22N6O4S2. The molecule has 0 fully saturated rings. The Labute approximate surface area is 205 Å². The van der Waals surface area contributed by atoms with Crippen LogP contribution in [0.25, 0.3) is 21.5 Å². The Hall–Kier alpha value is -3.92. The fourth-order valence-electron chi connectivity index (χ4n) is 3.69. The number of primary amides is 1. The van der Waals surface area contributed by atoms with Gasteiger partial charge < -0.3 is 21.2 Å². The number of sulfonamides is 1. The van der Waals surface area contributed by atoms with Gasteiger partial charge in [-0.25, -0.2) is 18.5 Å². The molecule has 3 aromatic heterocycles. The van der Waals surface area contributed by atoms with Gasteiger partial charge in [-0.3, -0.25) is 4.79 Å². The Balaban J connectivity index is 1.75. The van der Waals surface area contributed by atoms with Gasteiger partial charge in [0.25, 0.3) is 5.91 Å². The lowest BCUT2D eigenvalue weighted by atomic mass is 10.0. The van der Waals surface area contributed by atoms with Crippen molar-refractivity contribution in [2.45, 2.75) is 25.2 Å². The van der Waals surface area contributed by atoms with E-state index in [1.165, 1.54) is 12.1 Å². The Morgan fingerprint density at radius 1 is 1.26 bits per heavy atom. The number of nitrogens with zero attached hydrogens (tertiary/aromatic N) is 2. The van der Waals surface area contributed by atoms with E-state index >= 15 is 0 Å². The molecule has 0 saturated carbocycles. The molecule has 0 aliphatic rings. The summed E-state index contributed by atoms with van der Waals surface area (Å²) in [7, 11) is -3.77. The minimum absolute atomic E-state index is 0.0299. The molecule has 180 valence electrons. The molecule has 0 radical (unpaired) electrons. The van der Waals surface area contributed by atoms with Gasteiger partial charge in [-0.15, -0.1) is 11.3 Å². The number of thiophene rings is 1. The first-order chi connectivity index (χ1) is 16.5. The van der Waals surface area contributed by atoms with Crippen LogP contribution in [0.3, 0.4) is 0 Å². The molecule has 4 aromatic rings. The van der Waals surface area contributed by atoms with Gasteiger partial charge in [-0.1, -0.05) is 12.1 Å². The molecule has 0 unspecified atom stereocenters. The lowest BCUT2D eigenvalue weighted by molar-refractivity contribution is 0.100. The van der Waals surface area contributed by atoms with Crippen LogP contribution in [0.1, 0.15) is 32.1 Å². The van der Waals surface area contributed by atoms with E-state index in [9.17, 15) is 18.5 Å². The van der Waals surface area contributed by atoms with Gasteiger partial charge >= 0.3 is 0 Å². The SMILES string of the molecule is Cc1cc(-c2c(C#N)c(NCCc3ccc(S(N)(=O)=O)cc3)nc3sc(C(N)=O)c(N)c23)oc1C. The number of benzene rings is 1. The van der Waals surface area contributed by atoms with Crippen molar-refractivity contribution in [2.75, 3.05) is 17.6 Å². The van der Waals surface area contributed by atoms with Crippen LogP contribution in [0.15, 0.2) is 39.6 Å². The zero-order valence-corrected chi connectivity index (χ0v) is 20.5. The number of nitriles is 1. The van der Waals surface area contributed by atoms with Crippen molar-refractivity contribution >= 4 is 49.0 Å². The van der Waals surface area contributed by atoms with Crippen LogP contribution in [-0.2, 0) is 16.4 Å². The van der Waals surface area contributed by atoms with Crippen molar-refractivity contribution in [3.05, 3.63) is 57.7 Å². The number of carbonyl (C=O) groups excluding carboxylic acids is 1. The number of hydrogen-bond acceptors (Lipinski definition) is 9. The molecule has 10 nitrogen and oxygen atoms in total. The van der Waals surface area contributed by atoms with Crippen LogP contribution < -0.4 is 21.9 Å². The minimum Gasteiger partial charge on any atom is -0.461 e. The largest absolute Gasteiger partial charge is 0.461 e. The monoisotopic (exact) mass is 510 g/mol. The quantitative estimate of drug-likeness (QED) is 0.291. The van der Waals surface area contributed by atoms with Crippen LogP contribution in [0.5, 0.6) is 0 Å². The second-order valence-corrected chi connectivity index (χ2v) is 10.5. The number of aryl methyl sites for hydroxylation is 2. The molecule has 4 rings (SSSR count). The van der Waals surface area contributed by atoms with E-state index in [0.717, 1.165) is 22.5 Å². The van der Waals surface area contributed by atoms with Crippen LogP contribution in [0.4, 0.5) is 11.5 Å².